The van der Waals surface area contributed by atoms with Gasteiger partial charge in [0, 0.05) is 38.2 Å². The van der Waals surface area contributed by atoms with Gasteiger partial charge in [-0.15, -0.1) is 0 Å². The summed E-state index contributed by atoms with van der Waals surface area (Å²) in [6.07, 6.45) is -0.456. The third kappa shape index (κ3) is 4.63. The molecule has 0 spiro atoms. The Bertz CT molecular complexity index is 3130. The van der Waals surface area contributed by atoms with Gasteiger partial charge < -0.3 is 14.2 Å². The molecule has 1 aliphatic rings. The maximum atomic E-state index is 6.58. The predicted octanol–water partition coefficient (Wildman–Crippen LogP) is 12.0. The summed E-state index contributed by atoms with van der Waals surface area (Å²) < 4.78 is 12.8. The van der Waals surface area contributed by atoms with Crippen LogP contribution in [0.25, 0.3) is 76.5 Å². The minimum atomic E-state index is -0.456. The highest BCUT2D eigenvalue weighted by Crippen LogP contribution is 2.40. The molecule has 11 rings (SSSR count). The third-order valence-electron chi connectivity index (χ3n) is 10.3. The van der Waals surface area contributed by atoms with Crippen LogP contribution in [0.5, 0.6) is 0 Å². The smallest absolute Gasteiger partial charge is 0.159 e. The van der Waals surface area contributed by atoms with Gasteiger partial charge >= 0.3 is 0 Å². The molecule has 0 fully saturated rings. The van der Waals surface area contributed by atoms with E-state index >= 15 is 0 Å². The average molecular weight is 668 g/mol. The molecule has 0 bridgehead atoms. The maximum Gasteiger partial charge on any atom is 0.159 e. The van der Waals surface area contributed by atoms with Crippen LogP contribution in [-0.4, -0.2) is 11.7 Å². The van der Waals surface area contributed by atoms with Crippen LogP contribution in [-0.2, 0) is 0 Å². The van der Waals surface area contributed by atoms with Gasteiger partial charge in [-0.3, -0.25) is 0 Å². The molecule has 1 atom stereocenters. The Labute approximate surface area is 298 Å². The van der Waals surface area contributed by atoms with E-state index in [1.807, 2.05) is 24.3 Å². The minimum absolute atomic E-state index is 0.456. The van der Waals surface area contributed by atoms with Gasteiger partial charge in [0.25, 0.3) is 0 Å². The molecule has 1 aliphatic heterocycles. The lowest BCUT2D eigenvalue weighted by molar-refractivity contribution is 0.662. The molecule has 2 aromatic heterocycles. The first kappa shape index (κ1) is 28.8. The maximum absolute atomic E-state index is 6.58. The van der Waals surface area contributed by atoms with Gasteiger partial charge in [-0.05, 0) is 81.2 Å². The quantitative estimate of drug-likeness (QED) is 0.203. The Morgan fingerprint density at radius 3 is 1.81 bits per heavy atom. The third-order valence-corrected chi connectivity index (χ3v) is 10.3. The summed E-state index contributed by atoms with van der Waals surface area (Å²) in [5, 5.41) is 12.7. The SMILES string of the molecule is c1ccc2cc(C3=NC(c4cc(-c5ccc6oc7ccccc7c6c5)cc5oc6ccccc6c45)NC(c4ccc5ccccc5c4)=N3)ccc2c1. The van der Waals surface area contributed by atoms with Crippen molar-refractivity contribution < 1.29 is 8.83 Å². The van der Waals surface area contributed by atoms with Gasteiger partial charge in [0.2, 0.25) is 0 Å². The van der Waals surface area contributed by atoms with E-state index in [0.717, 1.165) is 88.3 Å². The monoisotopic (exact) mass is 667 g/mol. The molecule has 1 N–H and O–H groups in total. The second-order valence-electron chi connectivity index (χ2n) is 13.4. The summed E-state index contributed by atoms with van der Waals surface area (Å²) in [7, 11) is 0. The van der Waals surface area contributed by atoms with E-state index in [4.69, 9.17) is 18.8 Å². The Morgan fingerprint density at radius 1 is 0.423 bits per heavy atom. The zero-order valence-electron chi connectivity index (χ0n) is 27.9. The second-order valence-corrected chi connectivity index (χ2v) is 13.4. The summed E-state index contributed by atoms with van der Waals surface area (Å²) in [4.78, 5) is 10.6. The number of nitrogens with one attached hydrogen (secondary N) is 1. The molecule has 0 aliphatic carbocycles. The van der Waals surface area contributed by atoms with Crippen LogP contribution >= 0.6 is 0 Å². The zero-order valence-corrected chi connectivity index (χ0v) is 27.9. The van der Waals surface area contributed by atoms with E-state index < -0.39 is 6.17 Å². The zero-order chi connectivity index (χ0) is 34.2. The molecular weight excluding hydrogens is 639 g/mol. The molecule has 0 amide bonds. The molecule has 0 radical (unpaired) electrons. The van der Waals surface area contributed by atoms with E-state index in [0.29, 0.717) is 5.84 Å². The average Bonchev–Trinajstić information content (AvgIpc) is 3.78. The molecule has 1 unspecified atom stereocenters. The summed E-state index contributed by atoms with van der Waals surface area (Å²) >= 11 is 0. The van der Waals surface area contributed by atoms with Crippen LogP contribution in [0.15, 0.2) is 183 Å². The van der Waals surface area contributed by atoms with Gasteiger partial charge in [0.05, 0.1) is 0 Å². The second kappa shape index (κ2) is 11.3. The van der Waals surface area contributed by atoms with Crippen molar-refractivity contribution >= 4 is 77.1 Å². The first-order chi connectivity index (χ1) is 25.7. The fourth-order valence-electron chi connectivity index (χ4n) is 7.72. The van der Waals surface area contributed by atoms with Crippen molar-refractivity contribution in [3.8, 4) is 11.1 Å². The van der Waals surface area contributed by atoms with Gasteiger partial charge in [-0.25, -0.2) is 9.98 Å². The van der Waals surface area contributed by atoms with Crippen molar-refractivity contribution in [2.45, 2.75) is 6.17 Å². The Kier molecular flexibility index (Phi) is 6.25. The van der Waals surface area contributed by atoms with Crippen molar-refractivity contribution in [1.82, 2.24) is 5.32 Å². The highest BCUT2D eigenvalue weighted by atomic mass is 16.3. The topological polar surface area (TPSA) is 63.0 Å². The van der Waals surface area contributed by atoms with E-state index in [9.17, 15) is 0 Å². The summed E-state index contributed by atoms with van der Waals surface area (Å²) in [6, 6.07) is 57.0. The van der Waals surface area contributed by atoms with Gasteiger partial charge in [0.1, 0.15) is 34.3 Å². The number of fused-ring (bicyclic) bond motifs is 8. The first-order valence-electron chi connectivity index (χ1n) is 17.5. The van der Waals surface area contributed by atoms with E-state index in [1.54, 1.807) is 0 Å². The van der Waals surface area contributed by atoms with Gasteiger partial charge in [0.15, 0.2) is 5.84 Å². The lowest BCUT2D eigenvalue weighted by Crippen LogP contribution is -2.33. The van der Waals surface area contributed by atoms with Crippen molar-refractivity contribution in [2.75, 3.05) is 0 Å². The number of furan rings is 2. The van der Waals surface area contributed by atoms with Crippen LogP contribution in [0.4, 0.5) is 0 Å². The molecular formula is C47H29N3O2. The largest absolute Gasteiger partial charge is 0.456 e. The number of benzene rings is 8. The number of hydrogen-bond donors (Lipinski definition) is 1. The lowest BCUT2D eigenvalue weighted by Gasteiger charge is -2.25. The Morgan fingerprint density at radius 2 is 1.02 bits per heavy atom. The fraction of sp³-hybridized carbons (Fsp3) is 0.0213. The number of hydrogen-bond acceptors (Lipinski definition) is 5. The summed E-state index contributed by atoms with van der Waals surface area (Å²) in [5.41, 5.74) is 8.48. The van der Waals surface area contributed by atoms with E-state index in [1.165, 1.54) is 10.8 Å². The van der Waals surface area contributed by atoms with Crippen LogP contribution in [0, 0.1) is 0 Å². The van der Waals surface area contributed by atoms with E-state index in [-0.39, 0.29) is 0 Å². The number of amidine groups is 2. The Balaban J connectivity index is 1.14. The predicted molar refractivity (Wildman–Crippen MR) is 213 cm³/mol. The van der Waals surface area contributed by atoms with Crippen molar-refractivity contribution in [3.05, 3.63) is 180 Å². The molecule has 3 heterocycles. The standard InChI is InChI=1S/C47H29N3O2/c1-3-11-30-23-33(19-17-28(30)9-1)45-48-46(34-20-18-29-10-2-4-12-31(29)24-34)50-47(49-45)39-26-35(27-43-44(39)37-14-6-8-16-41(37)52-43)32-21-22-42-38(25-32)36-13-5-7-15-40(36)51-42/h1-27,47H,(H,48,49,50). The van der Waals surface area contributed by atoms with Crippen LogP contribution < -0.4 is 5.32 Å². The molecule has 244 valence electrons. The number of para-hydroxylation sites is 2. The van der Waals surface area contributed by atoms with Crippen LogP contribution in [0.1, 0.15) is 22.9 Å². The van der Waals surface area contributed by atoms with Crippen LogP contribution in [0.3, 0.4) is 0 Å². The molecule has 5 nitrogen and oxygen atoms in total. The number of rotatable bonds is 4. The minimum Gasteiger partial charge on any atom is -0.456 e. The number of aliphatic imine (C=N–C) groups is 2. The Hall–Kier alpha value is -6.98. The normalized spacial score (nSPS) is 14.7. The van der Waals surface area contributed by atoms with Gasteiger partial charge in [-0.2, -0.15) is 0 Å². The summed E-state index contributed by atoms with van der Waals surface area (Å²) in [5.74, 6) is 1.45. The van der Waals surface area contributed by atoms with Crippen molar-refractivity contribution in [2.24, 2.45) is 9.98 Å². The molecule has 10 aromatic rings. The molecule has 52 heavy (non-hydrogen) atoms. The van der Waals surface area contributed by atoms with E-state index in [2.05, 4.69) is 145 Å². The molecule has 5 heteroatoms. The molecule has 8 aromatic carbocycles. The molecule has 0 saturated heterocycles. The first-order valence-corrected chi connectivity index (χ1v) is 17.5. The lowest BCUT2D eigenvalue weighted by atomic mass is 9.95. The summed E-state index contributed by atoms with van der Waals surface area (Å²) in [6.45, 7) is 0. The van der Waals surface area contributed by atoms with Crippen LogP contribution in [0.2, 0.25) is 0 Å². The number of nitrogens with zero attached hydrogens (tertiary/aromatic N) is 2. The highest BCUT2D eigenvalue weighted by Gasteiger charge is 2.26. The molecule has 0 saturated carbocycles. The van der Waals surface area contributed by atoms with Crippen molar-refractivity contribution in [3.63, 3.8) is 0 Å². The fourth-order valence-corrected chi connectivity index (χ4v) is 7.72. The van der Waals surface area contributed by atoms with Crippen molar-refractivity contribution in [1.29, 1.82) is 0 Å². The highest BCUT2D eigenvalue weighted by molar-refractivity contribution is 6.16. The van der Waals surface area contributed by atoms with Gasteiger partial charge in [-0.1, -0.05) is 115 Å².